The van der Waals surface area contributed by atoms with E-state index in [1.807, 2.05) is 0 Å². The first-order valence-electron chi connectivity index (χ1n) is 5.36. The summed E-state index contributed by atoms with van der Waals surface area (Å²) >= 11 is 0. The Balaban J connectivity index is 1.99. The molecule has 1 atom stereocenters. The molecule has 0 radical (unpaired) electrons. The van der Waals surface area contributed by atoms with Crippen molar-refractivity contribution in [1.29, 1.82) is 0 Å². The van der Waals surface area contributed by atoms with Crippen LogP contribution < -0.4 is 0 Å². The average Bonchev–Trinajstić information content (AvgIpc) is 2.62. The van der Waals surface area contributed by atoms with Crippen LogP contribution in [-0.4, -0.2) is 25.5 Å². The van der Waals surface area contributed by atoms with Crippen LogP contribution in [0.15, 0.2) is 11.8 Å². The fraction of sp³-hybridized carbons (Fsp3) is 0.727. The van der Waals surface area contributed by atoms with Crippen LogP contribution >= 0.6 is 0 Å². The van der Waals surface area contributed by atoms with Crippen molar-refractivity contribution in [3.63, 3.8) is 0 Å². The van der Waals surface area contributed by atoms with E-state index in [1.54, 1.807) is 0 Å². The highest BCUT2D eigenvalue weighted by Gasteiger charge is 2.40. The molecular weight excluding hydrogens is 196 g/mol. The molecule has 0 saturated carbocycles. The number of hydrogen-bond donors (Lipinski definition) is 0. The predicted octanol–water partition coefficient (Wildman–Crippen LogP) is 1.75. The van der Waals surface area contributed by atoms with Crippen LogP contribution in [0.4, 0.5) is 0 Å². The van der Waals surface area contributed by atoms with Crippen LogP contribution in [0, 0.1) is 0 Å². The number of carbonyl (C=O) groups excluding carboxylic acids is 1. The molecule has 0 bridgehead atoms. The number of rotatable bonds is 1. The van der Waals surface area contributed by atoms with Crippen LogP contribution in [0.25, 0.3) is 0 Å². The van der Waals surface area contributed by atoms with Crippen molar-refractivity contribution >= 4 is 5.97 Å². The summed E-state index contributed by atoms with van der Waals surface area (Å²) in [5.41, 5.74) is 0. The Hall–Kier alpha value is -1.03. The van der Waals surface area contributed by atoms with Crippen molar-refractivity contribution in [2.24, 2.45) is 0 Å². The summed E-state index contributed by atoms with van der Waals surface area (Å²) in [5, 5.41) is 0. The minimum Gasteiger partial charge on any atom is -0.466 e. The van der Waals surface area contributed by atoms with E-state index in [0.29, 0.717) is 5.76 Å². The van der Waals surface area contributed by atoms with Crippen molar-refractivity contribution in [1.82, 2.24) is 0 Å². The van der Waals surface area contributed by atoms with Crippen molar-refractivity contribution in [3.8, 4) is 0 Å². The number of allylic oxidation sites excluding steroid dienone is 1. The first-order chi connectivity index (χ1) is 7.24. The molecule has 0 aromatic rings. The second-order valence-corrected chi connectivity index (χ2v) is 3.95. The van der Waals surface area contributed by atoms with Gasteiger partial charge in [0.25, 0.3) is 0 Å². The van der Waals surface area contributed by atoms with Crippen LogP contribution in [0.3, 0.4) is 0 Å². The van der Waals surface area contributed by atoms with Gasteiger partial charge in [-0.15, -0.1) is 0 Å². The molecule has 0 aliphatic carbocycles. The molecule has 2 fully saturated rings. The fourth-order valence-corrected chi connectivity index (χ4v) is 2.05. The molecule has 2 aliphatic rings. The molecule has 0 N–H and O–H groups in total. The van der Waals surface area contributed by atoms with E-state index in [9.17, 15) is 4.79 Å². The van der Waals surface area contributed by atoms with Crippen LogP contribution in [0.2, 0.25) is 0 Å². The van der Waals surface area contributed by atoms with Gasteiger partial charge >= 0.3 is 5.97 Å². The van der Waals surface area contributed by atoms with Gasteiger partial charge in [0.05, 0.1) is 19.8 Å². The Morgan fingerprint density at radius 2 is 2.33 bits per heavy atom. The van der Waals surface area contributed by atoms with E-state index < -0.39 is 5.79 Å². The van der Waals surface area contributed by atoms with E-state index in [2.05, 4.69) is 4.74 Å². The molecule has 4 heteroatoms. The van der Waals surface area contributed by atoms with Gasteiger partial charge in [-0.3, -0.25) is 0 Å². The number of hydrogen-bond acceptors (Lipinski definition) is 4. The zero-order chi connectivity index (χ0) is 10.7. The maximum atomic E-state index is 11.0. The summed E-state index contributed by atoms with van der Waals surface area (Å²) in [6.45, 7) is 0.755. The third-order valence-corrected chi connectivity index (χ3v) is 2.87. The molecule has 2 aliphatic heterocycles. The monoisotopic (exact) mass is 212 g/mol. The normalized spacial score (nSPS) is 33.0. The zero-order valence-corrected chi connectivity index (χ0v) is 8.95. The Labute approximate surface area is 89.2 Å². The van der Waals surface area contributed by atoms with E-state index in [1.165, 1.54) is 13.2 Å². The summed E-state index contributed by atoms with van der Waals surface area (Å²) in [6, 6.07) is 0. The first-order valence-corrected chi connectivity index (χ1v) is 5.36. The second kappa shape index (κ2) is 4.23. The number of esters is 1. The average molecular weight is 212 g/mol. The van der Waals surface area contributed by atoms with Crippen LogP contribution in [0.1, 0.15) is 32.1 Å². The fourth-order valence-electron chi connectivity index (χ4n) is 2.05. The minimum atomic E-state index is -0.446. The van der Waals surface area contributed by atoms with Gasteiger partial charge in [-0.2, -0.15) is 0 Å². The van der Waals surface area contributed by atoms with Gasteiger partial charge in [0, 0.05) is 19.3 Å². The van der Waals surface area contributed by atoms with Gasteiger partial charge in [0.1, 0.15) is 5.76 Å². The maximum Gasteiger partial charge on any atom is 0.333 e. The molecule has 0 amide bonds. The standard InChI is InChI=1S/C11H16O4/c1-13-10(12)8-9-4-6-11(15-9)5-2-3-7-14-11/h8H,2-7H2,1H3/b9-8+/t11-/m0/s1. The summed E-state index contributed by atoms with van der Waals surface area (Å²) in [7, 11) is 1.36. The van der Waals surface area contributed by atoms with Gasteiger partial charge < -0.3 is 14.2 Å². The van der Waals surface area contributed by atoms with Crippen molar-refractivity contribution in [2.75, 3.05) is 13.7 Å². The zero-order valence-electron chi connectivity index (χ0n) is 8.95. The largest absolute Gasteiger partial charge is 0.466 e. The third kappa shape index (κ3) is 2.31. The summed E-state index contributed by atoms with van der Waals surface area (Å²) in [6.07, 6.45) is 6.16. The molecule has 1 spiro atoms. The number of methoxy groups -OCH3 is 1. The second-order valence-electron chi connectivity index (χ2n) is 3.95. The van der Waals surface area contributed by atoms with Gasteiger partial charge in [-0.1, -0.05) is 0 Å². The number of ether oxygens (including phenoxy) is 3. The quantitative estimate of drug-likeness (QED) is 0.490. The van der Waals surface area contributed by atoms with E-state index in [0.717, 1.165) is 38.7 Å². The molecule has 2 saturated heterocycles. The molecule has 2 rings (SSSR count). The smallest absolute Gasteiger partial charge is 0.333 e. The lowest BCUT2D eigenvalue weighted by Gasteiger charge is -2.32. The minimum absolute atomic E-state index is 0.363. The Morgan fingerprint density at radius 3 is 3.00 bits per heavy atom. The van der Waals surface area contributed by atoms with Crippen LogP contribution in [-0.2, 0) is 19.0 Å². The molecule has 0 unspecified atom stereocenters. The molecule has 15 heavy (non-hydrogen) atoms. The third-order valence-electron chi connectivity index (χ3n) is 2.87. The summed E-state index contributed by atoms with van der Waals surface area (Å²) in [5.74, 6) is -0.125. The first kappa shape index (κ1) is 10.5. The molecular formula is C11H16O4. The Bertz CT molecular complexity index is 276. The van der Waals surface area contributed by atoms with E-state index in [4.69, 9.17) is 9.47 Å². The highest BCUT2D eigenvalue weighted by molar-refractivity contribution is 5.82. The highest BCUT2D eigenvalue weighted by Crippen LogP contribution is 2.40. The molecule has 4 nitrogen and oxygen atoms in total. The van der Waals surface area contributed by atoms with Crippen molar-refractivity contribution in [3.05, 3.63) is 11.8 Å². The Morgan fingerprint density at radius 1 is 1.47 bits per heavy atom. The van der Waals surface area contributed by atoms with Gasteiger partial charge in [-0.05, 0) is 12.8 Å². The summed E-state index contributed by atoms with van der Waals surface area (Å²) in [4.78, 5) is 11.0. The SMILES string of the molecule is COC(=O)/C=C1\CC[C@]2(CCCCO2)O1. The van der Waals surface area contributed by atoms with Gasteiger partial charge in [-0.25, -0.2) is 4.79 Å². The topological polar surface area (TPSA) is 44.8 Å². The van der Waals surface area contributed by atoms with Gasteiger partial charge in [0.15, 0.2) is 0 Å². The molecule has 2 heterocycles. The lowest BCUT2D eigenvalue weighted by molar-refractivity contribution is -0.216. The van der Waals surface area contributed by atoms with Crippen LogP contribution in [0.5, 0.6) is 0 Å². The van der Waals surface area contributed by atoms with Gasteiger partial charge in [0.2, 0.25) is 5.79 Å². The predicted molar refractivity (Wildman–Crippen MR) is 53.0 cm³/mol. The maximum absolute atomic E-state index is 11.0. The van der Waals surface area contributed by atoms with Crippen molar-refractivity contribution < 1.29 is 19.0 Å². The summed E-state index contributed by atoms with van der Waals surface area (Å²) < 4.78 is 15.9. The van der Waals surface area contributed by atoms with E-state index in [-0.39, 0.29) is 5.97 Å². The molecule has 84 valence electrons. The number of carbonyl (C=O) groups is 1. The lowest BCUT2D eigenvalue weighted by atomic mass is 10.0. The molecule has 0 aromatic heterocycles. The van der Waals surface area contributed by atoms with Crippen molar-refractivity contribution in [2.45, 2.75) is 37.9 Å². The Kier molecular flexibility index (Phi) is 2.95. The lowest BCUT2D eigenvalue weighted by Crippen LogP contribution is -2.34. The highest BCUT2D eigenvalue weighted by atomic mass is 16.7. The van der Waals surface area contributed by atoms with E-state index >= 15 is 0 Å². The molecule has 0 aromatic carbocycles.